The van der Waals surface area contributed by atoms with Gasteiger partial charge in [0, 0.05) is 6.42 Å². The zero-order chi connectivity index (χ0) is 14.3. The number of benzene rings is 1. The van der Waals surface area contributed by atoms with E-state index >= 15 is 0 Å². The number of rotatable bonds is 1. The van der Waals surface area contributed by atoms with E-state index in [1.54, 1.807) is 30.3 Å². The van der Waals surface area contributed by atoms with Gasteiger partial charge in [-0.25, -0.2) is 15.2 Å². The fraction of sp³-hybridized carbons (Fsp3) is 0.364. The Morgan fingerprint density at radius 3 is 2.42 bits per heavy atom. The maximum atomic E-state index is 12.9. The summed E-state index contributed by atoms with van der Waals surface area (Å²) in [6.07, 6.45) is -5.72. The van der Waals surface area contributed by atoms with E-state index < -0.39 is 30.4 Å². The number of amides is 2. The van der Waals surface area contributed by atoms with Crippen molar-refractivity contribution in [1.82, 2.24) is 10.4 Å². The van der Waals surface area contributed by atoms with E-state index in [-0.39, 0.29) is 5.01 Å². The van der Waals surface area contributed by atoms with Crippen LogP contribution in [0.1, 0.15) is 18.0 Å². The summed E-state index contributed by atoms with van der Waals surface area (Å²) in [5.74, 6) is 0. The van der Waals surface area contributed by atoms with Gasteiger partial charge in [0.1, 0.15) is 0 Å². The average molecular weight is 275 g/mol. The summed E-state index contributed by atoms with van der Waals surface area (Å²) >= 11 is 0. The molecule has 1 aliphatic heterocycles. The molecule has 1 aliphatic rings. The molecule has 0 bridgehead atoms. The van der Waals surface area contributed by atoms with Crippen molar-refractivity contribution in [2.45, 2.75) is 24.4 Å². The molecule has 2 rings (SSSR count). The molecule has 19 heavy (non-hydrogen) atoms. The smallest absolute Gasteiger partial charge is 0.362 e. The summed E-state index contributed by atoms with van der Waals surface area (Å²) in [6.45, 7) is 0. The van der Waals surface area contributed by atoms with Gasteiger partial charge in [-0.1, -0.05) is 30.3 Å². The highest BCUT2D eigenvalue weighted by molar-refractivity contribution is 5.72. The van der Waals surface area contributed by atoms with Crippen LogP contribution in [0.2, 0.25) is 0 Å². The van der Waals surface area contributed by atoms with Gasteiger partial charge < -0.3 is 10.8 Å². The third kappa shape index (κ3) is 2.24. The topological polar surface area (TPSA) is 78.6 Å². The molecule has 0 radical (unpaired) electrons. The van der Waals surface area contributed by atoms with E-state index in [9.17, 15) is 23.1 Å². The first-order valence-corrected chi connectivity index (χ1v) is 5.45. The van der Waals surface area contributed by atoms with Crippen molar-refractivity contribution in [2.24, 2.45) is 5.73 Å². The lowest BCUT2D eigenvalue weighted by Crippen LogP contribution is -2.61. The third-order valence-corrected chi connectivity index (χ3v) is 3.02. The van der Waals surface area contributed by atoms with E-state index in [0.717, 1.165) is 0 Å². The van der Waals surface area contributed by atoms with Gasteiger partial charge >= 0.3 is 12.2 Å². The molecule has 1 saturated heterocycles. The van der Waals surface area contributed by atoms with Crippen molar-refractivity contribution in [1.29, 1.82) is 0 Å². The zero-order valence-electron chi connectivity index (χ0n) is 9.69. The second kappa shape index (κ2) is 4.39. The number of hydrogen-bond acceptors (Lipinski definition) is 3. The van der Waals surface area contributed by atoms with Crippen LogP contribution in [0.4, 0.5) is 18.0 Å². The van der Waals surface area contributed by atoms with E-state index in [0.29, 0.717) is 5.56 Å². The lowest BCUT2D eigenvalue weighted by Gasteiger charge is -2.32. The summed E-state index contributed by atoms with van der Waals surface area (Å²) in [4.78, 5) is 11.1. The molecule has 2 atom stereocenters. The highest BCUT2D eigenvalue weighted by Gasteiger charge is 2.64. The first kappa shape index (κ1) is 13.6. The largest absolute Gasteiger partial charge is 0.438 e. The molecule has 0 aliphatic carbocycles. The molecule has 0 saturated carbocycles. The van der Waals surface area contributed by atoms with Gasteiger partial charge in [0.25, 0.3) is 5.72 Å². The van der Waals surface area contributed by atoms with Crippen LogP contribution < -0.4 is 11.2 Å². The minimum absolute atomic E-state index is 0.0324. The minimum Gasteiger partial charge on any atom is -0.362 e. The Hall–Kier alpha value is -1.80. The van der Waals surface area contributed by atoms with E-state index in [1.165, 1.54) is 0 Å². The number of carbonyl (C=O) groups is 1. The molecular formula is C11H12F3N3O2. The number of nitrogens with two attached hydrogens (primary N) is 1. The summed E-state index contributed by atoms with van der Waals surface area (Å²) in [7, 11) is 0. The van der Waals surface area contributed by atoms with Crippen LogP contribution in [0, 0.1) is 0 Å². The summed E-state index contributed by atoms with van der Waals surface area (Å²) in [6, 6.07) is 5.96. The molecule has 1 heterocycles. The predicted molar refractivity (Wildman–Crippen MR) is 59.4 cm³/mol. The van der Waals surface area contributed by atoms with Crippen LogP contribution in [0.25, 0.3) is 0 Å². The van der Waals surface area contributed by atoms with Gasteiger partial charge in [0.05, 0.1) is 6.04 Å². The first-order chi connectivity index (χ1) is 8.75. The molecule has 5 nitrogen and oxygen atoms in total. The van der Waals surface area contributed by atoms with Crippen LogP contribution in [0.3, 0.4) is 0 Å². The van der Waals surface area contributed by atoms with Crippen molar-refractivity contribution in [3.8, 4) is 0 Å². The summed E-state index contributed by atoms with van der Waals surface area (Å²) in [5, 5.41) is 9.76. The third-order valence-electron chi connectivity index (χ3n) is 3.02. The lowest BCUT2D eigenvalue weighted by atomic mass is 9.99. The van der Waals surface area contributed by atoms with Crippen molar-refractivity contribution in [2.75, 3.05) is 0 Å². The molecule has 1 aromatic carbocycles. The van der Waals surface area contributed by atoms with E-state index in [2.05, 4.69) is 5.43 Å². The Balaban J connectivity index is 2.34. The Kier molecular flexibility index (Phi) is 3.15. The quantitative estimate of drug-likeness (QED) is 0.722. The lowest BCUT2D eigenvalue weighted by molar-refractivity contribution is -0.299. The Bertz CT molecular complexity index is 480. The molecule has 0 aromatic heterocycles. The average Bonchev–Trinajstić information content (AvgIpc) is 2.69. The van der Waals surface area contributed by atoms with Crippen molar-refractivity contribution in [3.63, 3.8) is 0 Å². The SMILES string of the molecule is NC(=O)N1N[C@H](c2ccccc2)C[C@]1(O)C(F)(F)F. The molecule has 1 aromatic rings. The number of nitrogens with one attached hydrogen (secondary N) is 1. The Morgan fingerprint density at radius 1 is 1.42 bits per heavy atom. The number of primary amides is 1. The highest BCUT2D eigenvalue weighted by atomic mass is 19.4. The van der Waals surface area contributed by atoms with Crippen LogP contribution in [-0.4, -0.2) is 28.0 Å². The van der Waals surface area contributed by atoms with Crippen LogP contribution in [-0.2, 0) is 0 Å². The molecule has 8 heteroatoms. The first-order valence-electron chi connectivity index (χ1n) is 5.45. The second-order valence-electron chi connectivity index (χ2n) is 4.28. The maximum Gasteiger partial charge on any atom is 0.438 e. The van der Waals surface area contributed by atoms with Crippen LogP contribution in [0.15, 0.2) is 30.3 Å². The number of nitrogens with zero attached hydrogens (tertiary/aromatic N) is 1. The predicted octanol–water partition coefficient (Wildman–Crippen LogP) is 1.27. The van der Waals surface area contributed by atoms with E-state index in [4.69, 9.17) is 5.73 Å². The molecule has 104 valence electrons. The fourth-order valence-corrected chi connectivity index (χ4v) is 2.05. The molecule has 0 spiro atoms. The molecule has 0 unspecified atom stereocenters. The fourth-order valence-electron chi connectivity index (χ4n) is 2.05. The Morgan fingerprint density at radius 2 is 2.00 bits per heavy atom. The summed E-state index contributed by atoms with van der Waals surface area (Å²) < 4.78 is 38.7. The van der Waals surface area contributed by atoms with Crippen molar-refractivity contribution < 1.29 is 23.1 Å². The maximum absolute atomic E-state index is 12.9. The van der Waals surface area contributed by atoms with Gasteiger partial charge in [0.2, 0.25) is 0 Å². The number of carbonyl (C=O) groups excluding carboxylic acids is 1. The number of hydrazine groups is 1. The number of halogens is 3. The normalized spacial score (nSPS) is 27.6. The number of aliphatic hydroxyl groups is 1. The highest BCUT2D eigenvalue weighted by Crippen LogP contribution is 2.43. The van der Waals surface area contributed by atoms with Gasteiger partial charge in [-0.3, -0.25) is 0 Å². The molecule has 1 fully saturated rings. The standard InChI is InChI=1S/C11H12F3N3O2/c12-11(13,14)10(19)6-8(16-17(10)9(15)18)7-4-2-1-3-5-7/h1-5,8,16,19H,6H2,(H2,15,18)/t8-,10-/m0/s1. The number of alkyl halides is 3. The number of urea groups is 1. The molecule has 4 N–H and O–H groups in total. The monoisotopic (exact) mass is 275 g/mol. The minimum atomic E-state index is -5.00. The second-order valence-corrected chi connectivity index (χ2v) is 4.28. The van der Waals surface area contributed by atoms with Gasteiger partial charge in [-0.05, 0) is 5.56 Å². The van der Waals surface area contributed by atoms with Crippen molar-refractivity contribution >= 4 is 6.03 Å². The zero-order valence-corrected chi connectivity index (χ0v) is 9.69. The van der Waals surface area contributed by atoms with Gasteiger partial charge in [-0.2, -0.15) is 13.2 Å². The number of hydrogen-bond donors (Lipinski definition) is 3. The van der Waals surface area contributed by atoms with Gasteiger partial charge in [-0.15, -0.1) is 0 Å². The van der Waals surface area contributed by atoms with E-state index in [1.807, 2.05) is 0 Å². The van der Waals surface area contributed by atoms with Gasteiger partial charge in [0.15, 0.2) is 0 Å². The molecular weight excluding hydrogens is 263 g/mol. The van der Waals surface area contributed by atoms with Crippen LogP contribution >= 0.6 is 0 Å². The Labute approximate surface area is 106 Å². The molecule has 2 amide bonds. The van der Waals surface area contributed by atoms with Crippen LogP contribution in [0.5, 0.6) is 0 Å². The van der Waals surface area contributed by atoms with Crippen molar-refractivity contribution in [3.05, 3.63) is 35.9 Å². The summed E-state index contributed by atoms with van der Waals surface area (Å²) in [5.41, 5.74) is 4.38.